The summed E-state index contributed by atoms with van der Waals surface area (Å²) < 4.78 is 6.11. The average Bonchev–Trinajstić information content (AvgIpc) is 3.30. The smallest absolute Gasteiger partial charge is 0.270 e. The van der Waals surface area contributed by atoms with Gasteiger partial charge in [-0.3, -0.25) is 9.59 Å². The van der Waals surface area contributed by atoms with Crippen LogP contribution < -0.4 is 10.1 Å². The van der Waals surface area contributed by atoms with E-state index in [0.29, 0.717) is 23.7 Å². The second-order valence-corrected chi connectivity index (χ2v) is 10.6. The van der Waals surface area contributed by atoms with Crippen LogP contribution in [0.5, 0.6) is 5.88 Å². The molecule has 3 aromatic rings. The van der Waals surface area contributed by atoms with Gasteiger partial charge in [0.2, 0.25) is 11.8 Å². The van der Waals surface area contributed by atoms with Crippen molar-refractivity contribution in [2.24, 2.45) is 0 Å². The Kier molecular flexibility index (Phi) is 6.86. The van der Waals surface area contributed by atoms with Gasteiger partial charge in [0, 0.05) is 18.2 Å². The fourth-order valence-corrected chi connectivity index (χ4v) is 5.85. The molecule has 2 heterocycles. The predicted octanol–water partition coefficient (Wildman–Crippen LogP) is 5.10. The molecule has 35 heavy (non-hydrogen) atoms. The van der Waals surface area contributed by atoms with Gasteiger partial charge in [0.05, 0.1) is 0 Å². The second kappa shape index (κ2) is 10.2. The minimum atomic E-state index is -1.13. The van der Waals surface area contributed by atoms with E-state index in [-0.39, 0.29) is 24.5 Å². The molecular weight excluding hydrogens is 458 g/mol. The number of nitrogens with one attached hydrogen (secondary N) is 1. The van der Waals surface area contributed by atoms with Crippen molar-refractivity contribution in [1.29, 1.82) is 0 Å². The Morgan fingerprint density at radius 2 is 1.77 bits per heavy atom. The maximum atomic E-state index is 14.0. The Hall–Kier alpha value is -3.19. The molecule has 0 saturated heterocycles. The number of hydrogen-bond donors (Lipinski definition) is 1. The number of fused-ring (bicyclic) bond motifs is 1. The fourth-order valence-electron chi connectivity index (χ4n) is 4.89. The summed E-state index contributed by atoms with van der Waals surface area (Å²) in [5, 5.41) is 3.97. The SMILES string of the molecule is CC1(C(=O)NC2CCCCC2)COc2nc(-c3ccccc3)sc2C(=O)N1CCc1ccccc1. The van der Waals surface area contributed by atoms with Gasteiger partial charge in [-0.2, -0.15) is 0 Å². The summed E-state index contributed by atoms with van der Waals surface area (Å²) >= 11 is 1.32. The van der Waals surface area contributed by atoms with Gasteiger partial charge in [-0.25, -0.2) is 4.98 Å². The topological polar surface area (TPSA) is 71.5 Å². The molecule has 1 N–H and O–H groups in total. The molecule has 1 fully saturated rings. The molecule has 182 valence electrons. The zero-order valence-corrected chi connectivity index (χ0v) is 20.9. The zero-order chi connectivity index (χ0) is 24.3. The minimum Gasteiger partial charge on any atom is -0.473 e. The van der Waals surface area contributed by atoms with Gasteiger partial charge in [0.25, 0.3) is 5.91 Å². The number of benzene rings is 2. The number of carbonyl (C=O) groups excluding carboxylic acids is 2. The lowest BCUT2D eigenvalue weighted by atomic mass is 9.93. The quantitative estimate of drug-likeness (QED) is 0.523. The van der Waals surface area contributed by atoms with Crippen LogP contribution in [0, 0.1) is 0 Å². The van der Waals surface area contributed by atoms with Gasteiger partial charge in [-0.05, 0) is 31.7 Å². The van der Waals surface area contributed by atoms with Crippen LogP contribution in [0.2, 0.25) is 0 Å². The van der Waals surface area contributed by atoms with Crippen molar-refractivity contribution in [2.75, 3.05) is 13.2 Å². The first kappa shape index (κ1) is 23.5. The first-order chi connectivity index (χ1) is 17.0. The Labute approximate surface area is 210 Å². The summed E-state index contributed by atoms with van der Waals surface area (Å²) in [6, 6.07) is 20.0. The van der Waals surface area contributed by atoms with Crippen LogP contribution in [0.25, 0.3) is 10.6 Å². The number of carbonyl (C=O) groups is 2. The van der Waals surface area contributed by atoms with Gasteiger partial charge in [0.1, 0.15) is 11.6 Å². The summed E-state index contributed by atoms with van der Waals surface area (Å²) in [4.78, 5) is 34.4. The lowest BCUT2D eigenvalue weighted by Crippen LogP contribution is -2.62. The van der Waals surface area contributed by atoms with Crippen LogP contribution in [0.1, 0.15) is 54.3 Å². The molecule has 1 aliphatic heterocycles. The van der Waals surface area contributed by atoms with Crippen molar-refractivity contribution in [1.82, 2.24) is 15.2 Å². The number of thiazole rings is 1. The normalized spacial score (nSPS) is 20.6. The first-order valence-corrected chi connectivity index (χ1v) is 13.2. The molecule has 2 aliphatic rings. The molecule has 7 heteroatoms. The van der Waals surface area contributed by atoms with E-state index in [0.717, 1.165) is 41.8 Å². The van der Waals surface area contributed by atoms with Crippen molar-refractivity contribution in [3.8, 4) is 16.5 Å². The van der Waals surface area contributed by atoms with E-state index in [9.17, 15) is 9.59 Å². The van der Waals surface area contributed by atoms with Crippen LogP contribution in [-0.2, 0) is 11.2 Å². The number of hydrogen-bond acceptors (Lipinski definition) is 5. The monoisotopic (exact) mass is 489 g/mol. The maximum absolute atomic E-state index is 14.0. The molecular formula is C28H31N3O3S. The van der Waals surface area contributed by atoms with Crippen LogP contribution in [0.4, 0.5) is 0 Å². The van der Waals surface area contributed by atoms with E-state index in [4.69, 9.17) is 4.74 Å². The molecule has 0 spiro atoms. The highest BCUT2D eigenvalue weighted by molar-refractivity contribution is 7.17. The molecule has 1 unspecified atom stereocenters. The van der Waals surface area contributed by atoms with Gasteiger partial charge in [-0.15, -0.1) is 11.3 Å². The van der Waals surface area contributed by atoms with Crippen molar-refractivity contribution >= 4 is 23.2 Å². The molecule has 1 saturated carbocycles. The van der Waals surface area contributed by atoms with Crippen LogP contribution in [0.15, 0.2) is 60.7 Å². The van der Waals surface area contributed by atoms with E-state index in [1.165, 1.54) is 17.8 Å². The first-order valence-electron chi connectivity index (χ1n) is 12.4. The highest BCUT2D eigenvalue weighted by Crippen LogP contribution is 2.37. The molecule has 1 aromatic heterocycles. The number of ether oxygens (including phenoxy) is 1. The van der Waals surface area contributed by atoms with Gasteiger partial charge in [0.15, 0.2) is 10.4 Å². The Balaban J connectivity index is 1.45. The summed E-state index contributed by atoms with van der Waals surface area (Å²) in [6.07, 6.45) is 6.07. The Morgan fingerprint density at radius 1 is 1.09 bits per heavy atom. The van der Waals surface area contributed by atoms with Gasteiger partial charge >= 0.3 is 0 Å². The van der Waals surface area contributed by atoms with Crippen LogP contribution in [0.3, 0.4) is 0 Å². The van der Waals surface area contributed by atoms with E-state index in [1.807, 2.05) is 67.6 Å². The number of rotatable bonds is 6. The summed E-state index contributed by atoms with van der Waals surface area (Å²) in [5.41, 5.74) is 0.932. The largest absolute Gasteiger partial charge is 0.473 e. The van der Waals surface area contributed by atoms with Crippen molar-refractivity contribution < 1.29 is 14.3 Å². The van der Waals surface area contributed by atoms with E-state index < -0.39 is 5.54 Å². The Bertz CT molecular complexity index is 1170. The van der Waals surface area contributed by atoms with Crippen LogP contribution in [-0.4, -0.2) is 46.4 Å². The van der Waals surface area contributed by atoms with E-state index >= 15 is 0 Å². The summed E-state index contributed by atoms with van der Waals surface area (Å²) in [7, 11) is 0. The molecule has 6 nitrogen and oxygen atoms in total. The highest BCUT2D eigenvalue weighted by atomic mass is 32.1. The van der Waals surface area contributed by atoms with E-state index in [2.05, 4.69) is 10.3 Å². The third-order valence-electron chi connectivity index (χ3n) is 7.04. The summed E-state index contributed by atoms with van der Waals surface area (Å²) in [6.45, 7) is 2.30. The van der Waals surface area contributed by atoms with E-state index in [1.54, 1.807) is 4.90 Å². The Morgan fingerprint density at radius 3 is 2.49 bits per heavy atom. The lowest BCUT2D eigenvalue weighted by molar-refractivity contribution is -0.133. The van der Waals surface area contributed by atoms with Crippen LogP contribution >= 0.6 is 11.3 Å². The molecule has 1 atom stereocenters. The van der Waals surface area contributed by atoms with Crippen molar-refractivity contribution in [3.05, 3.63) is 71.1 Å². The molecule has 5 rings (SSSR count). The summed E-state index contributed by atoms with van der Waals surface area (Å²) in [5.74, 6) is -0.0311. The number of nitrogens with zero attached hydrogens (tertiary/aromatic N) is 2. The maximum Gasteiger partial charge on any atom is 0.270 e. The standard InChI is InChI=1S/C28H31N3O3S/c1-28(27(33)29-22-15-9-4-10-16-22)19-34-24-23(35-25(30-24)21-13-7-3-8-14-21)26(32)31(28)18-17-20-11-5-2-6-12-20/h2-3,5-8,11-14,22H,4,9-10,15-19H2,1H3,(H,29,33). The molecule has 0 bridgehead atoms. The lowest BCUT2D eigenvalue weighted by Gasteiger charge is -2.39. The molecule has 1 aliphatic carbocycles. The zero-order valence-electron chi connectivity index (χ0n) is 20.0. The minimum absolute atomic E-state index is 0.0665. The third-order valence-corrected chi connectivity index (χ3v) is 8.11. The van der Waals surface area contributed by atoms with Gasteiger partial charge in [-0.1, -0.05) is 79.9 Å². The predicted molar refractivity (Wildman–Crippen MR) is 138 cm³/mol. The number of aromatic nitrogens is 1. The van der Waals surface area contributed by atoms with Gasteiger partial charge < -0.3 is 15.0 Å². The second-order valence-electron chi connectivity index (χ2n) is 9.58. The fraction of sp³-hybridized carbons (Fsp3) is 0.393. The van der Waals surface area contributed by atoms with Crippen molar-refractivity contribution in [2.45, 2.75) is 57.0 Å². The van der Waals surface area contributed by atoms with Crippen molar-refractivity contribution in [3.63, 3.8) is 0 Å². The third kappa shape index (κ3) is 4.96. The number of amides is 2. The molecule has 2 aromatic carbocycles. The highest BCUT2D eigenvalue weighted by Gasteiger charge is 2.47. The average molecular weight is 490 g/mol. The molecule has 2 amide bonds. The molecule has 0 radical (unpaired) electrons.